The quantitative estimate of drug-likeness (QED) is 0.849. The number of nitrogens with one attached hydrogen (secondary N) is 1. The van der Waals surface area contributed by atoms with Crippen LogP contribution in [-0.4, -0.2) is 58.7 Å². The predicted molar refractivity (Wildman–Crippen MR) is 105 cm³/mol. The van der Waals surface area contributed by atoms with E-state index < -0.39 is 0 Å². The van der Waals surface area contributed by atoms with Gasteiger partial charge in [-0.05, 0) is 30.2 Å². The van der Waals surface area contributed by atoms with Gasteiger partial charge in [0.2, 0.25) is 0 Å². The number of urea groups is 1. The van der Waals surface area contributed by atoms with Crippen molar-refractivity contribution < 1.29 is 14.7 Å². The van der Waals surface area contributed by atoms with Gasteiger partial charge in [0.15, 0.2) is 0 Å². The Morgan fingerprint density at radius 3 is 2.79 bits per heavy atom. The Morgan fingerprint density at radius 2 is 2.07 bits per heavy atom. The lowest BCUT2D eigenvalue weighted by Gasteiger charge is -2.58. The zero-order valence-electron chi connectivity index (χ0n) is 15.8. The Balaban J connectivity index is 1.68. The number of likely N-dealkylation sites (tertiary alicyclic amines) is 1. The van der Waals surface area contributed by atoms with Crippen molar-refractivity contribution in [2.24, 2.45) is 0 Å². The largest absolute Gasteiger partial charge is 0.394 e. The summed E-state index contributed by atoms with van der Waals surface area (Å²) in [7, 11) is 0. The molecule has 1 fully saturated rings. The van der Waals surface area contributed by atoms with Crippen molar-refractivity contribution in [3.05, 3.63) is 59.9 Å². The molecule has 28 heavy (non-hydrogen) atoms. The molecule has 0 spiro atoms. The SMILES string of the molecule is CCCNC(=O)N1[C@@H]2CN(C(=O)c3cccnc3)c3ccccc3[C@@H]2[C@@H]1CO. The monoisotopic (exact) mass is 380 g/mol. The molecule has 4 rings (SSSR count). The lowest BCUT2D eigenvalue weighted by Crippen LogP contribution is -2.72. The first-order chi connectivity index (χ1) is 13.7. The number of fused-ring (bicyclic) bond motifs is 3. The molecule has 3 heterocycles. The number of rotatable bonds is 4. The number of para-hydroxylation sites is 1. The van der Waals surface area contributed by atoms with Crippen molar-refractivity contribution >= 4 is 17.6 Å². The van der Waals surface area contributed by atoms with Gasteiger partial charge < -0.3 is 20.2 Å². The van der Waals surface area contributed by atoms with Crippen LogP contribution in [0.5, 0.6) is 0 Å². The average molecular weight is 380 g/mol. The molecule has 0 bridgehead atoms. The van der Waals surface area contributed by atoms with E-state index in [0.29, 0.717) is 18.7 Å². The van der Waals surface area contributed by atoms with Gasteiger partial charge in [0, 0.05) is 37.1 Å². The number of hydrogen-bond donors (Lipinski definition) is 2. The van der Waals surface area contributed by atoms with Crippen LogP contribution in [0.3, 0.4) is 0 Å². The summed E-state index contributed by atoms with van der Waals surface area (Å²) in [5, 5.41) is 12.8. The molecule has 2 N–H and O–H groups in total. The number of carbonyl (C=O) groups excluding carboxylic acids is 2. The first-order valence-corrected chi connectivity index (χ1v) is 9.65. The Morgan fingerprint density at radius 1 is 1.25 bits per heavy atom. The molecule has 3 atom stereocenters. The van der Waals surface area contributed by atoms with Gasteiger partial charge in [-0.2, -0.15) is 0 Å². The number of aromatic nitrogens is 1. The van der Waals surface area contributed by atoms with Crippen molar-refractivity contribution in [2.75, 3.05) is 24.6 Å². The summed E-state index contributed by atoms with van der Waals surface area (Å²) in [5.74, 6) is -0.119. The smallest absolute Gasteiger partial charge is 0.318 e. The summed E-state index contributed by atoms with van der Waals surface area (Å²) in [6, 6.07) is 10.6. The summed E-state index contributed by atoms with van der Waals surface area (Å²) < 4.78 is 0. The third kappa shape index (κ3) is 2.92. The van der Waals surface area contributed by atoms with Gasteiger partial charge in [-0.3, -0.25) is 9.78 Å². The minimum absolute atomic E-state index is 0.0199. The molecule has 0 radical (unpaired) electrons. The van der Waals surface area contributed by atoms with E-state index in [1.807, 2.05) is 31.2 Å². The number of pyridine rings is 1. The molecule has 2 aromatic rings. The highest BCUT2D eigenvalue weighted by atomic mass is 16.3. The number of hydrogen-bond acceptors (Lipinski definition) is 4. The fraction of sp³-hybridized carbons (Fsp3) is 0.381. The van der Waals surface area contributed by atoms with Crippen LogP contribution < -0.4 is 10.2 Å². The fourth-order valence-electron chi connectivity index (χ4n) is 4.33. The molecular formula is C21H24N4O3. The highest BCUT2D eigenvalue weighted by molar-refractivity contribution is 6.07. The van der Waals surface area contributed by atoms with Gasteiger partial charge in [0.05, 0.1) is 24.3 Å². The van der Waals surface area contributed by atoms with Crippen molar-refractivity contribution in [3.63, 3.8) is 0 Å². The number of benzene rings is 1. The highest BCUT2D eigenvalue weighted by Gasteiger charge is 2.55. The standard InChI is InChI=1S/C21H24N4O3/c1-2-9-23-21(28)25-17-12-24(20(27)14-6-5-10-22-11-14)16-8-4-3-7-15(16)19(17)18(25)13-26/h3-8,10-11,17-19,26H,2,9,12-13H2,1H3,(H,23,28)/t17-,18+,19+/m1/s1. The van der Waals surface area contributed by atoms with Crippen LogP contribution in [0.4, 0.5) is 10.5 Å². The van der Waals surface area contributed by atoms with Gasteiger partial charge in [0.1, 0.15) is 0 Å². The molecule has 2 aliphatic heterocycles. The zero-order chi connectivity index (χ0) is 19.7. The van der Waals surface area contributed by atoms with Gasteiger partial charge in [0.25, 0.3) is 5.91 Å². The minimum Gasteiger partial charge on any atom is -0.394 e. The van der Waals surface area contributed by atoms with E-state index in [-0.39, 0.29) is 36.5 Å². The van der Waals surface area contributed by atoms with Gasteiger partial charge in [-0.1, -0.05) is 25.1 Å². The van der Waals surface area contributed by atoms with Crippen LogP contribution in [0.1, 0.15) is 35.2 Å². The molecule has 0 aliphatic carbocycles. The third-order valence-electron chi connectivity index (χ3n) is 5.60. The van der Waals surface area contributed by atoms with E-state index in [2.05, 4.69) is 10.3 Å². The minimum atomic E-state index is -0.279. The lowest BCUT2D eigenvalue weighted by atomic mass is 9.72. The molecule has 146 valence electrons. The van der Waals surface area contributed by atoms with E-state index in [9.17, 15) is 14.7 Å². The Labute approximate surface area is 164 Å². The molecule has 1 aromatic heterocycles. The number of anilines is 1. The van der Waals surface area contributed by atoms with E-state index in [4.69, 9.17) is 0 Å². The normalized spacial score (nSPS) is 22.7. The van der Waals surface area contributed by atoms with E-state index in [1.54, 1.807) is 34.3 Å². The van der Waals surface area contributed by atoms with Gasteiger partial charge >= 0.3 is 6.03 Å². The average Bonchev–Trinajstić information content (AvgIpc) is 2.72. The molecule has 1 aromatic carbocycles. The second-order valence-electron chi connectivity index (χ2n) is 7.20. The van der Waals surface area contributed by atoms with Crippen molar-refractivity contribution in [1.82, 2.24) is 15.2 Å². The summed E-state index contributed by atoms with van der Waals surface area (Å²) in [5.41, 5.74) is 2.34. The summed E-state index contributed by atoms with van der Waals surface area (Å²) in [4.78, 5) is 33.3. The second kappa shape index (κ2) is 7.59. The summed E-state index contributed by atoms with van der Waals surface area (Å²) in [6.45, 7) is 2.87. The van der Waals surface area contributed by atoms with Gasteiger partial charge in [-0.15, -0.1) is 0 Å². The number of nitrogens with zero attached hydrogens (tertiary/aromatic N) is 3. The number of aliphatic hydroxyl groups excluding tert-OH is 1. The van der Waals surface area contributed by atoms with Crippen LogP contribution in [0.15, 0.2) is 48.8 Å². The first-order valence-electron chi connectivity index (χ1n) is 9.65. The molecule has 0 unspecified atom stereocenters. The number of amides is 3. The van der Waals surface area contributed by atoms with Crippen LogP contribution in [-0.2, 0) is 0 Å². The maximum Gasteiger partial charge on any atom is 0.318 e. The fourth-order valence-corrected chi connectivity index (χ4v) is 4.33. The Bertz CT molecular complexity index is 873. The number of aliphatic hydroxyl groups is 1. The van der Waals surface area contributed by atoms with Crippen LogP contribution >= 0.6 is 0 Å². The van der Waals surface area contributed by atoms with Crippen LogP contribution in [0.2, 0.25) is 0 Å². The first kappa shape index (κ1) is 18.4. The molecule has 7 nitrogen and oxygen atoms in total. The van der Waals surface area contributed by atoms with Crippen LogP contribution in [0.25, 0.3) is 0 Å². The van der Waals surface area contributed by atoms with E-state index in [1.165, 1.54) is 0 Å². The molecule has 2 aliphatic rings. The maximum absolute atomic E-state index is 13.2. The molecule has 0 saturated carbocycles. The number of carbonyl (C=O) groups is 2. The zero-order valence-corrected chi connectivity index (χ0v) is 15.8. The molecular weight excluding hydrogens is 356 g/mol. The topological polar surface area (TPSA) is 85.8 Å². The summed E-state index contributed by atoms with van der Waals surface area (Å²) >= 11 is 0. The molecule has 3 amide bonds. The highest BCUT2D eigenvalue weighted by Crippen LogP contribution is 2.48. The van der Waals surface area contributed by atoms with Crippen molar-refractivity contribution in [2.45, 2.75) is 31.3 Å². The molecule has 7 heteroatoms. The second-order valence-corrected chi connectivity index (χ2v) is 7.20. The molecule has 1 saturated heterocycles. The van der Waals surface area contributed by atoms with Crippen LogP contribution in [0, 0.1) is 0 Å². The van der Waals surface area contributed by atoms with E-state index >= 15 is 0 Å². The van der Waals surface area contributed by atoms with Crippen molar-refractivity contribution in [3.8, 4) is 0 Å². The van der Waals surface area contributed by atoms with E-state index in [0.717, 1.165) is 17.7 Å². The third-order valence-corrected chi connectivity index (χ3v) is 5.60. The van der Waals surface area contributed by atoms with Gasteiger partial charge in [-0.25, -0.2) is 4.79 Å². The lowest BCUT2D eigenvalue weighted by molar-refractivity contribution is -0.00750. The van der Waals surface area contributed by atoms with Crippen molar-refractivity contribution in [1.29, 1.82) is 0 Å². The predicted octanol–water partition coefficient (Wildman–Crippen LogP) is 1.99. The maximum atomic E-state index is 13.2. The Kier molecular flexibility index (Phi) is 5.00. The summed E-state index contributed by atoms with van der Waals surface area (Å²) in [6.07, 6.45) is 4.03. The Hall–Kier alpha value is -2.93.